The average molecular weight is 397 g/mol. The first-order valence-corrected chi connectivity index (χ1v) is 9.26. The summed E-state index contributed by atoms with van der Waals surface area (Å²) >= 11 is 5.82. The first-order valence-electron chi connectivity index (χ1n) is 8.88. The number of halogens is 1. The molecule has 0 aliphatic heterocycles. The van der Waals surface area contributed by atoms with Crippen molar-refractivity contribution in [3.8, 4) is 5.69 Å². The Labute approximate surface area is 168 Å². The van der Waals surface area contributed by atoms with E-state index in [2.05, 4.69) is 9.88 Å². The monoisotopic (exact) mass is 396 g/mol. The molecule has 2 aromatic carbocycles. The molecule has 1 N–H and O–H groups in total. The molecule has 0 spiro atoms. The fraction of sp³-hybridized carbons (Fsp3) is 0.182. The van der Waals surface area contributed by atoms with Gasteiger partial charge in [-0.05, 0) is 81.4 Å². The van der Waals surface area contributed by atoms with Crippen molar-refractivity contribution in [3.05, 3.63) is 82.6 Å². The molecule has 0 fully saturated rings. The van der Waals surface area contributed by atoms with Gasteiger partial charge in [-0.1, -0.05) is 11.6 Å². The Morgan fingerprint density at radius 1 is 0.929 bits per heavy atom. The number of amides is 1. The lowest BCUT2D eigenvalue weighted by Gasteiger charge is -2.14. The standard InChI is InChI=1S/C22H21ClN2O3/c1-14-4-5-15(2)25(14)20-12-6-17(7-13-20)22(27)28-16(3)21(26)24-19-10-8-18(23)9-11-19/h4-13,16H,1-3H3,(H,24,26)/t16-/m0/s1. The summed E-state index contributed by atoms with van der Waals surface area (Å²) in [7, 11) is 0. The number of anilines is 1. The van der Waals surface area contributed by atoms with Crippen LogP contribution in [-0.2, 0) is 9.53 Å². The number of hydrogen-bond donors (Lipinski definition) is 1. The van der Waals surface area contributed by atoms with Gasteiger partial charge < -0.3 is 14.6 Å². The molecule has 5 nitrogen and oxygen atoms in total. The maximum atomic E-state index is 12.4. The van der Waals surface area contributed by atoms with E-state index in [-0.39, 0.29) is 0 Å². The predicted octanol–water partition coefficient (Wildman–Crippen LogP) is 4.93. The van der Waals surface area contributed by atoms with Crippen molar-refractivity contribution < 1.29 is 14.3 Å². The van der Waals surface area contributed by atoms with Crippen LogP contribution in [0.1, 0.15) is 28.7 Å². The summed E-state index contributed by atoms with van der Waals surface area (Å²) in [5.41, 5.74) is 4.15. The van der Waals surface area contributed by atoms with E-state index in [1.54, 1.807) is 36.4 Å². The van der Waals surface area contributed by atoms with Crippen molar-refractivity contribution in [1.29, 1.82) is 0 Å². The molecule has 28 heavy (non-hydrogen) atoms. The molecule has 144 valence electrons. The van der Waals surface area contributed by atoms with E-state index >= 15 is 0 Å². The number of nitrogens with zero attached hydrogens (tertiary/aromatic N) is 1. The highest BCUT2D eigenvalue weighted by Gasteiger charge is 2.19. The second-order valence-electron chi connectivity index (χ2n) is 6.54. The van der Waals surface area contributed by atoms with Crippen molar-refractivity contribution in [2.24, 2.45) is 0 Å². The van der Waals surface area contributed by atoms with Gasteiger partial charge in [-0.2, -0.15) is 0 Å². The van der Waals surface area contributed by atoms with E-state index in [0.717, 1.165) is 17.1 Å². The maximum absolute atomic E-state index is 12.4. The molecule has 0 aliphatic carbocycles. The molecule has 1 atom stereocenters. The SMILES string of the molecule is Cc1ccc(C)n1-c1ccc(C(=O)O[C@@H](C)C(=O)Nc2ccc(Cl)cc2)cc1. The second-order valence-corrected chi connectivity index (χ2v) is 6.98. The number of rotatable bonds is 5. The van der Waals surface area contributed by atoms with Crippen LogP contribution in [0.25, 0.3) is 5.69 Å². The van der Waals surface area contributed by atoms with Gasteiger partial charge in [-0.3, -0.25) is 4.79 Å². The summed E-state index contributed by atoms with van der Waals surface area (Å²) in [6.07, 6.45) is -0.934. The second kappa shape index (κ2) is 8.31. The highest BCUT2D eigenvalue weighted by molar-refractivity contribution is 6.30. The summed E-state index contributed by atoms with van der Waals surface area (Å²) in [5, 5.41) is 3.26. The van der Waals surface area contributed by atoms with Crippen LogP contribution < -0.4 is 5.32 Å². The normalized spacial score (nSPS) is 11.7. The van der Waals surface area contributed by atoms with Crippen LogP contribution in [0.2, 0.25) is 5.02 Å². The number of carbonyl (C=O) groups is 2. The molecule has 0 unspecified atom stereocenters. The van der Waals surface area contributed by atoms with Gasteiger partial charge in [0, 0.05) is 27.8 Å². The molecule has 1 aromatic heterocycles. The summed E-state index contributed by atoms with van der Waals surface area (Å²) in [5.74, 6) is -0.961. The summed E-state index contributed by atoms with van der Waals surface area (Å²) in [4.78, 5) is 24.6. The van der Waals surface area contributed by atoms with Gasteiger partial charge in [0.25, 0.3) is 5.91 Å². The molecule has 3 aromatic rings. The third-order valence-corrected chi connectivity index (χ3v) is 4.65. The highest BCUT2D eigenvalue weighted by Crippen LogP contribution is 2.18. The Hall–Kier alpha value is -3.05. The molecule has 0 bridgehead atoms. The third-order valence-electron chi connectivity index (χ3n) is 4.40. The molecule has 6 heteroatoms. The number of benzene rings is 2. The van der Waals surface area contributed by atoms with Gasteiger partial charge in [0.2, 0.25) is 0 Å². The van der Waals surface area contributed by atoms with Gasteiger partial charge in [0.15, 0.2) is 6.10 Å². The van der Waals surface area contributed by atoms with Crippen molar-refractivity contribution >= 4 is 29.2 Å². The van der Waals surface area contributed by atoms with Crippen molar-refractivity contribution in [2.45, 2.75) is 26.9 Å². The first kappa shape index (κ1) is 19.7. The lowest BCUT2D eigenvalue weighted by molar-refractivity contribution is -0.123. The number of aryl methyl sites for hydroxylation is 2. The number of ether oxygens (including phenoxy) is 1. The van der Waals surface area contributed by atoms with Gasteiger partial charge in [-0.15, -0.1) is 0 Å². The number of esters is 1. The zero-order chi connectivity index (χ0) is 20.3. The van der Waals surface area contributed by atoms with E-state index in [0.29, 0.717) is 16.3 Å². The Kier molecular flexibility index (Phi) is 5.85. The smallest absolute Gasteiger partial charge is 0.338 e. The fourth-order valence-electron chi connectivity index (χ4n) is 2.88. The molecular formula is C22H21ClN2O3. The Morgan fingerprint density at radius 3 is 2.07 bits per heavy atom. The quantitative estimate of drug-likeness (QED) is 0.622. The van der Waals surface area contributed by atoms with Crippen LogP contribution in [-0.4, -0.2) is 22.5 Å². The Bertz CT molecular complexity index is 972. The topological polar surface area (TPSA) is 60.3 Å². The lowest BCUT2D eigenvalue weighted by atomic mass is 10.2. The van der Waals surface area contributed by atoms with Crippen LogP contribution in [0.5, 0.6) is 0 Å². The van der Waals surface area contributed by atoms with Crippen LogP contribution in [0.4, 0.5) is 5.69 Å². The van der Waals surface area contributed by atoms with E-state index in [9.17, 15) is 9.59 Å². The van der Waals surface area contributed by atoms with Crippen LogP contribution in [0.15, 0.2) is 60.7 Å². The van der Waals surface area contributed by atoms with E-state index in [4.69, 9.17) is 16.3 Å². The lowest BCUT2D eigenvalue weighted by Crippen LogP contribution is -2.30. The number of carbonyl (C=O) groups excluding carboxylic acids is 2. The predicted molar refractivity (Wildman–Crippen MR) is 110 cm³/mol. The molecule has 3 rings (SSSR count). The summed E-state index contributed by atoms with van der Waals surface area (Å²) in [6.45, 7) is 5.58. The minimum Gasteiger partial charge on any atom is -0.449 e. The van der Waals surface area contributed by atoms with Crippen molar-refractivity contribution in [1.82, 2.24) is 4.57 Å². The number of hydrogen-bond acceptors (Lipinski definition) is 3. The summed E-state index contributed by atoms with van der Waals surface area (Å²) in [6, 6.07) is 17.9. The zero-order valence-electron chi connectivity index (χ0n) is 15.9. The number of nitrogens with one attached hydrogen (secondary N) is 1. The maximum Gasteiger partial charge on any atom is 0.338 e. The van der Waals surface area contributed by atoms with Gasteiger partial charge >= 0.3 is 5.97 Å². The zero-order valence-corrected chi connectivity index (χ0v) is 16.7. The van der Waals surface area contributed by atoms with E-state index in [1.165, 1.54) is 6.92 Å². The largest absolute Gasteiger partial charge is 0.449 e. The van der Waals surface area contributed by atoms with Crippen LogP contribution >= 0.6 is 11.6 Å². The summed E-state index contributed by atoms with van der Waals surface area (Å²) < 4.78 is 7.38. The minimum absolute atomic E-state index is 0.386. The van der Waals surface area contributed by atoms with Gasteiger partial charge in [0.05, 0.1) is 5.56 Å². The molecule has 0 radical (unpaired) electrons. The average Bonchev–Trinajstić information content (AvgIpc) is 3.02. The fourth-order valence-corrected chi connectivity index (χ4v) is 3.01. The molecular weight excluding hydrogens is 376 g/mol. The van der Waals surface area contributed by atoms with Crippen LogP contribution in [0, 0.1) is 13.8 Å². The molecule has 1 heterocycles. The third kappa shape index (κ3) is 4.43. The molecule has 0 saturated heterocycles. The van der Waals surface area contributed by atoms with Gasteiger partial charge in [-0.25, -0.2) is 4.79 Å². The molecule has 0 saturated carbocycles. The number of aromatic nitrogens is 1. The van der Waals surface area contributed by atoms with Crippen molar-refractivity contribution in [3.63, 3.8) is 0 Å². The Morgan fingerprint density at radius 2 is 1.50 bits per heavy atom. The minimum atomic E-state index is -0.934. The van der Waals surface area contributed by atoms with E-state index < -0.39 is 18.0 Å². The highest BCUT2D eigenvalue weighted by atomic mass is 35.5. The van der Waals surface area contributed by atoms with Crippen LogP contribution in [0.3, 0.4) is 0 Å². The molecule has 0 aliphatic rings. The van der Waals surface area contributed by atoms with Gasteiger partial charge in [0.1, 0.15) is 0 Å². The Balaban J connectivity index is 1.63. The first-order chi connectivity index (χ1) is 13.3. The van der Waals surface area contributed by atoms with Crippen molar-refractivity contribution in [2.75, 3.05) is 5.32 Å². The molecule has 1 amide bonds. The van der Waals surface area contributed by atoms with E-state index in [1.807, 2.05) is 38.1 Å².